The molecular formula is C19H20N4O3S2. The first-order chi connectivity index (χ1) is 13.7. The molecule has 4 rings (SSSR count). The van der Waals surface area contributed by atoms with Gasteiger partial charge in [-0.2, -0.15) is 16.3 Å². The Balaban J connectivity index is 1.21. The van der Waals surface area contributed by atoms with Crippen LogP contribution in [-0.4, -0.2) is 46.0 Å². The van der Waals surface area contributed by atoms with Gasteiger partial charge in [0.25, 0.3) is 5.91 Å². The molecule has 0 aliphatic carbocycles. The summed E-state index contributed by atoms with van der Waals surface area (Å²) >= 11 is 3.06. The third-order valence-electron chi connectivity index (χ3n) is 4.73. The number of thiophene rings is 2. The van der Waals surface area contributed by atoms with Gasteiger partial charge in [-0.25, -0.2) is 0 Å². The SMILES string of the molecule is O=C(NC1CCN(C(=O)CCc2nc(-c3cccs3)no2)CC1)c1ccsc1. The van der Waals surface area contributed by atoms with E-state index in [1.54, 1.807) is 11.3 Å². The fourth-order valence-electron chi connectivity index (χ4n) is 3.17. The van der Waals surface area contributed by atoms with E-state index in [-0.39, 0.29) is 17.9 Å². The molecule has 1 fully saturated rings. The zero-order chi connectivity index (χ0) is 19.3. The van der Waals surface area contributed by atoms with Crippen molar-refractivity contribution in [1.82, 2.24) is 20.4 Å². The van der Waals surface area contributed by atoms with E-state index >= 15 is 0 Å². The summed E-state index contributed by atoms with van der Waals surface area (Å²) in [6.07, 6.45) is 2.32. The second-order valence-corrected chi connectivity index (χ2v) is 8.36. The molecule has 0 atom stereocenters. The lowest BCUT2D eigenvalue weighted by molar-refractivity contribution is -0.132. The third kappa shape index (κ3) is 4.48. The number of amides is 2. The Morgan fingerprint density at radius 2 is 2.11 bits per heavy atom. The van der Waals surface area contributed by atoms with Crippen molar-refractivity contribution in [3.05, 3.63) is 45.8 Å². The number of hydrogen-bond acceptors (Lipinski definition) is 7. The number of rotatable bonds is 6. The molecule has 0 saturated carbocycles. The summed E-state index contributed by atoms with van der Waals surface area (Å²) in [5, 5.41) is 12.7. The van der Waals surface area contributed by atoms with Crippen molar-refractivity contribution in [2.75, 3.05) is 13.1 Å². The number of aromatic nitrogens is 2. The summed E-state index contributed by atoms with van der Waals surface area (Å²) in [5.41, 5.74) is 0.699. The predicted molar refractivity (Wildman–Crippen MR) is 107 cm³/mol. The highest BCUT2D eigenvalue weighted by atomic mass is 32.1. The molecule has 1 aliphatic rings. The Hall–Kier alpha value is -2.52. The largest absolute Gasteiger partial charge is 0.349 e. The number of nitrogens with zero attached hydrogens (tertiary/aromatic N) is 3. The molecule has 7 nitrogen and oxygen atoms in total. The van der Waals surface area contributed by atoms with Crippen molar-refractivity contribution >= 4 is 34.5 Å². The maximum Gasteiger partial charge on any atom is 0.252 e. The molecule has 0 spiro atoms. The molecule has 0 bridgehead atoms. The number of carbonyl (C=O) groups excluding carboxylic acids is 2. The minimum Gasteiger partial charge on any atom is -0.349 e. The monoisotopic (exact) mass is 416 g/mol. The van der Waals surface area contributed by atoms with E-state index in [2.05, 4.69) is 15.5 Å². The number of aryl methyl sites for hydroxylation is 1. The van der Waals surface area contributed by atoms with E-state index in [1.165, 1.54) is 11.3 Å². The molecule has 3 aromatic rings. The van der Waals surface area contributed by atoms with E-state index in [4.69, 9.17) is 4.52 Å². The maximum absolute atomic E-state index is 12.5. The van der Waals surface area contributed by atoms with Gasteiger partial charge in [0.15, 0.2) is 0 Å². The standard InChI is InChI=1S/C19H20N4O3S2/c24-17(4-3-16-21-18(22-26-16)15-2-1-10-28-15)23-8-5-14(6-9-23)20-19(25)13-7-11-27-12-13/h1-2,7,10-12,14H,3-6,8-9H2,(H,20,25). The number of hydrogen-bond donors (Lipinski definition) is 1. The van der Waals surface area contributed by atoms with Gasteiger partial charge in [0.1, 0.15) is 0 Å². The molecule has 0 radical (unpaired) electrons. The van der Waals surface area contributed by atoms with E-state index < -0.39 is 0 Å². The second-order valence-electron chi connectivity index (χ2n) is 6.63. The fraction of sp³-hybridized carbons (Fsp3) is 0.368. The van der Waals surface area contributed by atoms with E-state index in [9.17, 15) is 9.59 Å². The van der Waals surface area contributed by atoms with Gasteiger partial charge in [-0.15, -0.1) is 11.3 Å². The van der Waals surface area contributed by atoms with Crippen LogP contribution < -0.4 is 5.32 Å². The zero-order valence-corrected chi connectivity index (χ0v) is 16.8. The van der Waals surface area contributed by atoms with Crippen LogP contribution in [0.1, 0.15) is 35.5 Å². The van der Waals surface area contributed by atoms with Crippen LogP contribution in [0.5, 0.6) is 0 Å². The summed E-state index contributed by atoms with van der Waals surface area (Å²) in [6.45, 7) is 1.30. The van der Waals surface area contributed by atoms with Crippen molar-refractivity contribution in [3.8, 4) is 10.7 Å². The summed E-state index contributed by atoms with van der Waals surface area (Å²) in [7, 11) is 0. The minimum atomic E-state index is -0.0380. The van der Waals surface area contributed by atoms with E-state index in [0.717, 1.165) is 17.7 Å². The van der Waals surface area contributed by atoms with Crippen molar-refractivity contribution < 1.29 is 14.1 Å². The predicted octanol–water partition coefficient (Wildman–Crippen LogP) is 3.21. The number of likely N-dealkylation sites (tertiary alicyclic amines) is 1. The summed E-state index contributed by atoms with van der Waals surface area (Å²) in [4.78, 5) is 31.8. The Labute approximate surface area is 170 Å². The van der Waals surface area contributed by atoms with Gasteiger partial charge in [0, 0.05) is 42.9 Å². The smallest absolute Gasteiger partial charge is 0.252 e. The van der Waals surface area contributed by atoms with Crippen LogP contribution >= 0.6 is 22.7 Å². The van der Waals surface area contributed by atoms with Crippen LogP contribution in [0.2, 0.25) is 0 Å². The van der Waals surface area contributed by atoms with Crippen LogP contribution in [0.4, 0.5) is 0 Å². The van der Waals surface area contributed by atoms with E-state index in [1.807, 2.05) is 39.2 Å². The number of nitrogens with one attached hydrogen (secondary N) is 1. The molecule has 1 aliphatic heterocycles. The van der Waals surface area contributed by atoms with Crippen LogP contribution in [0, 0.1) is 0 Å². The van der Waals surface area contributed by atoms with Gasteiger partial charge in [0.2, 0.25) is 17.6 Å². The maximum atomic E-state index is 12.5. The molecule has 0 unspecified atom stereocenters. The van der Waals surface area contributed by atoms with Gasteiger partial charge in [-0.1, -0.05) is 11.2 Å². The molecule has 9 heteroatoms. The molecule has 1 N–H and O–H groups in total. The van der Waals surface area contributed by atoms with E-state index in [0.29, 0.717) is 43.2 Å². The van der Waals surface area contributed by atoms with Crippen molar-refractivity contribution in [1.29, 1.82) is 0 Å². The van der Waals surface area contributed by atoms with Crippen molar-refractivity contribution in [2.45, 2.75) is 31.7 Å². The zero-order valence-electron chi connectivity index (χ0n) is 15.2. The topological polar surface area (TPSA) is 88.3 Å². The highest BCUT2D eigenvalue weighted by Crippen LogP contribution is 2.21. The average molecular weight is 417 g/mol. The summed E-state index contributed by atoms with van der Waals surface area (Å²) in [5.74, 6) is 1.09. The first-order valence-electron chi connectivity index (χ1n) is 9.16. The normalized spacial score (nSPS) is 14.9. The molecule has 2 amide bonds. The van der Waals surface area contributed by atoms with Gasteiger partial charge < -0.3 is 14.7 Å². The van der Waals surface area contributed by atoms with Crippen molar-refractivity contribution in [2.24, 2.45) is 0 Å². The molecule has 0 aromatic carbocycles. The number of piperidine rings is 1. The molecule has 146 valence electrons. The first-order valence-corrected chi connectivity index (χ1v) is 11.0. The number of carbonyl (C=O) groups is 2. The van der Waals surface area contributed by atoms with Crippen LogP contribution in [0.15, 0.2) is 38.9 Å². The quantitative estimate of drug-likeness (QED) is 0.667. The third-order valence-corrected chi connectivity index (χ3v) is 6.28. The minimum absolute atomic E-state index is 0.0380. The Morgan fingerprint density at radius 1 is 1.25 bits per heavy atom. The molecular weight excluding hydrogens is 396 g/mol. The van der Waals surface area contributed by atoms with Gasteiger partial charge in [-0.05, 0) is 35.7 Å². The summed E-state index contributed by atoms with van der Waals surface area (Å²) < 4.78 is 5.25. The fourth-order valence-corrected chi connectivity index (χ4v) is 4.46. The average Bonchev–Trinajstić information content (AvgIpc) is 3.49. The van der Waals surface area contributed by atoms with Crippen molar-refractivity contribution in [3.63, 3.8) is 0 Å². The lowest BCUT2D eigenvalue weighted by Gasteiger charge is -2.32. The second kappa shape index (κ2) is 8.66. The lowest BCUT2D eigenvalue weighted by atomic mass is 10.0. The highest BCUT2D eigenvalue weighted by molar-refractivity contribution is 7.13. The van der Waals surface area contributed by atoms with Gasteiger partial charge in [0.05, 0.1) is 4.88 Å². The lowest BCUT2D eigenvalue weighted by Crippen LogP contribution is -2.46. The molecule has 1 saturated heterocycles. The summed E-state index contributed by atoms with van der Waals surface area (Å²) in [6, 6.07) is 5.80. The first kappa shape index (κ1) is 18.8. The van der Waals surface area contributed by atoms with Crippen LogP contribution in [0.3, 0.4) is 0 Å². The van der Waals surface area contributed by atoms with Gasteiger partial charge >= 0.3 is 0 Å². The Morgan fingerprint density at radius 3 is 2.82 bits per heavy atom. The van der Waals surface area contributed by atoms with Crippen LogP contribution in [-0.2, 0) is 11.2 Å². The highest BCUT2D eigenvalue weighted by Gasteiger charge is 2.24. The molecule has 4 heterocycles. The van der Waals surface area contributed by atoms with Crippen LogP contribution in [0.25, 0.3) is 10.7 Å². The Bertz CT molecular complexity index is 913. The van der Waals surface area contributed by atoms with Gasteiger partial charge in [-0.3, -0.25) is 9.59 Å². The molecule has 3 aromatic heterocycles. The molecule has 28 heavy (non-hydrogen) atoms. The Kier molecular flexibility index (Phi) is 5.82.